The molecule has 0 aliphatic carbocycles. The molecule has 2 atom stereocenters. The molecule has 0 saturated carbocycles. The summed E-state index contributed by atoms with van der Waals surface area (Å²) in [4.78, 5) is 13.2. The summed E-state index contributed by atoms with van der Waals surface area (Å²) in [6, 6.07) is 6.93. The van der Waals surface area contributed by atoms with Gasteiger partial charge in [0.15, 0.2) is 0 Å². The zero-order chi connectivity index (χ0) is 13.8. The predicted octanol–water partition coefficient (Wildman–Crippen LogP) is -0.398. The molecule has 1 aromatic rings. The second kappa shape index (κ2) is 5.90. The molecule has 1 saturated heterocycles. The Morgan fingerprint density at radius 2 is 1.84 bits per heavy atom. The second-order valence-electron chi connectivity index (χ2n) is 4.60. The van der Waals surface area contributed by atoms with Gasteiger partial charge in [0.25, 0.3) is 0 Å². The Balaban J connectivity index is 1.74. The highest BCUT2D eigenvalue weighted by Gasteiger charge is 2.32. The standard InChI is InChI=1S/C13H18N2O4/c14-9-1-3-10(4-2-9)19-6-5-13(18)15-7-11(16)12(17)8-15/h1-4,11-12,16-17H,5-8,14H2/t11-,12+. The number of nitrogen functional groups attached to an aromatic ring is 1. The number of nitrogens with zero attached hydrogens (tertiary/aromatic N) is 1. The van der Waals surface area contributed by atoms with E-state index in [0.29, 0.717) is 11.4 Å². The molecule has 1 heterocycles. The van der Waals surface area contributed by atoms with Gasteiger partial charge in [-0.3, -0.25) is 4.79 Å². The number of rotatable bonds is 4. The maximum atomic E-state index is 11.8. The molecule has 1 aliphatic rings. The van der Waals surface area contributed by atoms with Crippen molar-refractivity contribution >= 4 is 11.6 Å². The summed E-state index contributed by atoms with van der Waals surface area (Å²) in [6.45, 7) is 0.620. The van der Waals surface area contributed by atoms with Crippen LogP contribution in [-0.2, 0) is 4.79 Å². The SMILES string of the molecule is Nc1ccc(OCCC(=O)N2C[C@@H](O)[C@@H](O)C2)cc1. The normalized spacial score (nSPS) is 22.5. The van der Waals surface area contributed by atoms with Gasteiger partial charge in [0.05, 0.1) is 25.2 Å². The van der Waals surface area contributed by atoms with Crippen molar-refractivity contribution in [2.75, 3.05) is 25.4 Å². The molecule has 0 unspecified atom stereocenters. The van der Waals surface area contributed by atoms with E-state index in [9.17, 15) is 15.0 Å². The number of benzene rings is 1. The summed E-state index contributed by atoms with van der Waals surface area (Å²) >= 11 is 0. The smallest absolute Gasteiger partial charge is 0.226 e. The first-order chi connectivity index (χ1) is 9.06. The van der Waals surface area contributed by atoms with Crippen LogP contribution in [0, 0.1) is 0 Å². The van der Waals surface area contributed by atoms with Crippen LogP contribution in [-0.4, -0.2) is 52.9 Å². The summed E-state index contributed by atoms with van der Waals surface area (Å²) in [7, 11) is 0. The highest BCUT2D eigenvalue weighted by molar-refractivity contribution is 5.76. The van der Waals surface area contributed by atoms with Crippen molar-refractivity contribution in [1.82, 2.24) is 4.90 Å². The average Bonchev–Trinajstić information content (AvgIpc) is 2.72. The van der Waals surface area contributed by atoms with Crippen LogP contribution in [0.4, 0.5) is 5.69 Å². The van der Waals surface area contributed by atoms with E-state index in [2.05, 4.69) is 0 Å². The van der Waals surface area contributed by atoms with Crippen LogP contribution in [0.5, 0.6) is 5.75 Å². The van der Waals surface area contributed by atoms with Gasteiger partial charge in [-0.1, -0.05) is 0 Å². The van der Waals surface area contributed by atoms with Crippen molar-refractivity contribution in [1.29, 1.82) is 0 Å². The van der Waals surface area contributed by atoms with Crippen LogP contribution in [0.1, 0.15) is 6.42 Å². The van der Waals surface area contributed by atoms with Crippen LogP contribution in [0.2, 0.25) is 0 Å². The number of ether oxygens (including phenoxy) is 1. The highest BCUT2D eigenvalue weighted by atomic mass is 16.5. The molecule has 0 spiro atoms. The molecule has 1 fully saturated rings. The second-order valence-corrected chi connectivity index (χ2v) is 4.60. The molecule has 0 radical (unpaired) electrons. The molecule has 6 heteroatoms. The van der Waals surface area contributed by atoms with E-state index >= 15 is 0 Å². The Morgan fingerprint density at radius 3 is 2.42 bits per heavy atom. The van der Waals surface area contributed by atoms with Crippen LogP contribution in [0.15, 0.2) is 24.3 Å². The van der Waals surface area contributed by atoms with Gasteiger partial charge in [-0.2, -0.15) is 0 Å². The maximum Gasteiger partial charge on any atom is 0.226 e. The van der Waals surface area contributed by atoms with Gasteiger partial charge in [-0.05, 0) is 24.3 Å². The monoisotopic (exact) mass is 266 g/mol. The Morgan fingerprint density at radius 1 is 1.26 bits per heavy atom. The summed E-state index contributed by atoms with van der Waals surface area (Å²) in [5.41, 5.74) is 6.20. The third-order valence-electron chi connectivity index (χ3n) is 3.08. The third-order valence-corrected chi connectivity index (χ3v) is 3.08. The third kappa shape index (κ3) is 3.59. The summed E-state index contributed by atoms with van der Waals surface area (Å²) < 4.78 is 5.42. The fourth-order valence-corrected chi connectivity index (χ4v) is 1.95. The minimum atomic E-state index is -0.845. The maximum absolute atomic E-state index is 11.8. The molecule has 2 rings (SSSR count). The lowest BCUT2D eigenvalue weighted by Crippen LogP contribution is -2.30. The first-order valence-corrected chi connectivity index (χ1v) is 6.18. The Labute approximate surface area is 111 Å². The number of carbonyl (C=O) groups excluding carboxylic acids is 1. The van der Waals surface area contributed by atoms with Crippen molar-refractivity contribution in [2.45, 2.75) is 18.6 Å². The van der Waals surface area contributed by atoms with E-state index in [1.165, 1.54) is 4.90 Å². The van der Waals surface area contributed by atoms with Crippen LogP contribution < -0.4 is 10.5 Å². The Hall–Kier alpha value is -1.79. The molecule has 0 bridgehead atoms. The fourth-order valence-electron chi connectivity index (χ4n) is 1.95. The topological polar surface area (TPSA) is 96.0 Å². The summed E-state index contributed by atoms with van der Waals surface area (Å²) in [6.07, 6.45) is -1.48. The fraction of sp³-hybridized carbons (Fsp3) is 0.462. The van der Waals surface area contributed by atoms with E-state index < -0.39 is 12.2 Å². The lowest BCUT2D eigenvalue weighted by Gasteiger charge is -2.15. The van der Waals surface area contributed by atoms with Crippen molar-refractivity contribution in [3.8, 4) is 5.75 Å². The molecule has 1 aliphatic heterocycles. The number of anilines is 1. The number of likely N-dealkylation sites (tertiary alicyclic amines) is 1. The first-order valence-electron chi connectivity index (χ1n) is 6.18. The number of carbonyl (C=O) groups is 1. The minimum absolute atomic E-state index is 0.133. The Kier molecular flexibility index (Phi) is 4.24. The lowest BCUT2D eigenvalue weighted by molar-refractivity contribution is -0.131. The Bertz CT molecular complexity index is 425. The first kappa shape index (κ1) is 13.6. The number of hydrogen-bond acceptors (Lipinski definition) is 5. The van der Waals surface area contributed by atoms with Gasteiger partial charge < -0.3 is 25.6 Å². The minimum Gasteiger partial charge on any atom is -0.493 e. The van der Waals surface area contributed by atoms with E-state index in [1.807, 2.05) is 0 Å². The molecule has 4 N–H and O–H groups in total. The average molecular weight is 266 g/mol. The van der Waals surface area contributed by atoms with Crippen molar-refractivity contribution in [2.24, 2.45) is 0 Å². The van der Waals surface area contributed by atoms with Crippen LogP contribution in [0.25, 0.3) is 0 Å². The van der Waals surface area contributed by atoms with E-state index in [4.69, 9.17) is 10.5 Å². The molecule has 6 nitrogen and oxygen atoms in total. The summed E-state index contributed by atoms with van der Waals surface area (Å²) in [5.74, 6) is 0.523. The van der Waals surface area contributed by atoms with Crippen molar-refractivity contribution in [3.05, 3.63) is 24.3 Å². The molecule has 1 amide bonds. The van der Waals surface area contributed by atoms with E-state index in [0.717, 1.165) is 0 Å². The van der Waals surface area contributed by atoms with Gasteiger partial charge in [0.2, 0.25) is 5.91 Å². The number of nitrogens with two attached hydrogens (primary N) is 1. The van der Waals surface area contributed by atoms with Gasteiger partial charge in [0, 0.05) is 18.8 Å². The quantitative estimate of drug-likeness (QED) is 0.645. The van der Waals surface area contributed by atoms with Crippen molar-refractivity contribution in [3.63, 3.8) is 0 Å². The number of aliphatic hydroxyl groups is 2. The molecular formula is C13H18N2O4. The number of aliphatic hydroxyl groups excluding tert-OH is 2. The lowest BCUT2D eigenvalue weighted by atomic mass is 10.3. The summed E-state index contributed by atoms with van der Waals surface area (Å²) in [5, 5.41) is 18.7. The number of amides is 1. The van der Waals surface area contributed by atoms with Gasteiger partial charge in [-0.15, -0.1) is 0 Å². The molecule has 1 aromatic carbocycles. The molecule has 0 aromatic heterocycles. The molecule has 104 valence electrons. The van der Waals surface area contributed by atoms with Gasteiger partial charge >= 0.3 is 0 Å². The van der Waals surface area contributed by atoms with Crippen LogP contribution >= 0.6 is 0 Å². The van der Waals surface area contributed by atoms with E-state index in [1.54, 1.807) is 24.3 Å². The van der Waals surface area contributed by atoms with Gasteiger partial charge in [-0.25, -0.2) is 0 Å². The number of hydrogen-bond donors (Lipinski definition) is 3. The molecular weight excluding hydrogens is 248 g/mol. The highest BCUT2D eigenvalue weighted by Crippen LogP contribution is 2.14. The predicted molar refractivity (Wildman–Crippen MR) is 69.6 cm³/mol. The largest absolute Gasteiger partial charge is 0.493 e. The number of β-amino-alcohol motifs (C(OH)–C–C–N with tert-alkyl or cyclic N) is 2. The zero-order valence-electron chi connectivity index (χ0n) is 10.5. The van der Waals surface area contributed by atoms with Gasteiger partial charge in [0.1, 0.15) is 5.75 Å². The van der Waals surface area contributed by atoms with Crippen molar-refractivity contribution < 1.29 is 19.7 Å². The van der Waals surface area contributed by atoms with Crippen LogP contribution in [0.3, 0.4) is 0 Å². The molecule has 19 heavy (non-hydrogen) atoms. The zero-order valence-corrected chi connectivity index (χ0v) is 10.5. The van der Waals surface area contributed by atoms with E-state index in [-0.39, 0.29) is 32.0 Å².